The van der Waals surface area contributed by atoms with Crippen molar-refractivity contribution in [1.29, 1.82) is 0 Å². The number of carbonyl (C=O) groups is 2. The van der Waals surface area contributed by atoms with Crippen molar-refractivity contribution in [2.45, 2.75) is 50.6 Å². The highest BCUT2D eigenvalue weighted by Gasteiger charge is 2.47. The number of piperazine rings is 1. The van der Waals surface area contributed by atoms with Crippen LogP contribution in [0, 0.1) is 5.92 Å². The Hall–Kier alpha value is -1.88. The van der Waals surface area contributed by atoms with Gasteiger partial charge in [0.2, 0.25) is 11.8 Å². The van der Waals surface area contributed by atoms with Gasteiger partial charge in [0.15, 0.2) is 0 Å². The Morgan fingerprint density at radius 1 is 1.20 bits per heavy atom. The van der Waals surface area contributed by atoms with Crippen molar-refractivity contribution in [1.82, 2.24) is 9.80 Å². The highest BCUT2D eigenvalue weighted by atomic mass is 16.2. The van der Waals surface area contributed by atoms with E-state index in [1.807, 2.05) is 18.2 Å². The quantitative estimate of drug-likeness (QED) is 0.910. The van der Waals surface area contributed by atoms with Gasteiger partial charge in [-0.15, -0.1) is 0 Å². The van der Waals surface area contributed by atoms with E-state index in [0.29, 0.717) is 11.6 Å². The Morgan fingerprint density at radius 3 is 2.64 bits per heavy atom. The molecule has 134 valence electrons. The number of nitrogens with two attached hydrogens (primary N) is 1. The van der Waals surface area contributed by atoms with Crippen LogP contribution >= 0.6 is 0 Å². The van der Waals surface area contributed by atoms with Crippen LogP contribution in [0.3, 0.4) is 0 Å². The lowest BCUT2D eigenvalue weighted by atomic mass is 9.89. The van der Waals surface area contributed by atoms with Crippen LogP contribution in [0.15, 0.2) is 24.3 Å². The van der Waals surface area contributed by atoms with Gasteiger partial charge in [-0.2, -0.15) is 0 Å². The Labute approximate surface area is 149 Å². The minimum absolute atomic E-state index is 0.0746. The van der Waals surface area contributed by atoms with Crippen LogP contribution in [0.5, 0.6) is 0 Å². The minimum atomic E-state index is -0.411. The van der Waals surface area contributed by atoms with E-state index in [1.165, 1.54) is 19.3 Å². The fraction of sp³-hybridized carbons (Fsp3) is 0.600. The van der Waals surface area contributed by atoms with Crippen molar-refractivity contribution in [3.63, 3.8) is 0 Å². The summed E-state index contributed by atoms with van der Waals surface area (Å²) in [6, 6.07) is 8.64. The van der Waals surface area contributed by atoms with Crippen LogP contribution in [0.25, 0.3) is 0 Å². The van der Waals surface area contributed by atoms with Crippen LogP contribution in [0.2, 0.25) is 0 Å². The predicted molar refractivity (Wildman–Crippen MR) is 96.2 cm³/mol. The Morgan fingerprint density at radius 2 is 2.00 bits per heavy atom. The highest BCUT2D eigenvalue weighted by molar-refractivity contribution is 5.93. The minimum Gasteiger partial charge on any atom is -0.366 e. The number of hydrogen-bond acceptors (Lipinski definition) is 3. The summed E-state index contributed by atoms with van der Waals surface area (Å²) in [5.74, 6) is 0.193. The van der Waals surface area contributed by atoms with Gasteiger partial charge in [-0.25, -0.2) is 0 Å². The summed E-state index contributed by atoms with van der Waals surface area (Å²) < 4.78 is 0. The number of amides is 2. The van der Waals surface area contributed by atoms with Gasteiger partial charge in [-0.1, -0.05) is 18.6 Å². The number of rotatable bonds is 4. The molecule has 0 aromatic heterocycles. The summed E-state index contributed by atoms with van der Waals surface area (Å²) in [6.07, 6.45) is 4.88. The first-order valence-electron chi connectivity index (χ1n) is 9.49. The first kappa shape index (κ1) is 16.6. The lowest BCUT2D eigenvalue weighted by Crippen LogP contribution is -2.58. The molecule has 25 heavy (non-hydrogen) atoms. The zero-order valence-electron chi connectivity index (χ0n) is 14.9. The van der Waals surface area contributed by atoms with Crippen LogP contribution in [-0.2, 0) is 4.79 Å². The number of primary amides is 1. The zero-order valence-corrected chi connectivity index (χ0v) is 14.9. The summed E-state index contributed by atoms with van der Waals surface area (Å²) in [6.45, 7) is 4.95. The number of carbonyl (C=O) groups excluding carboxylic acids is 2. The van der Waals surface area contributed by atoms with Crippen LogP contribution in [0.1, 0.15) is 54.4 Å². The molecule has 2 saturated carbocycles. The first-order valence-corrected chi connectivity index (χ1v) is 9.49. The summed E-state index contributed by atoms with van der Waals surface area (Å²) in [5, 5.41) is 0. The fourth-order valence-corrected chi connectivity index (χ4v) is 4.43. The summed E-state index contributed by atoms with van der Waals surface area (Å²) in [7, 11) is 0. The van der Waals surface area contributed by atoms with E-state index >= 15 is 0 Å². The molecule has 5 heteroatoms. The standard InChI is InChI=1S/C20H27N3O2/c1-13-12-22(8-9-23(13)16-6-3-7-16)20(25)18-11-17(18)14-4-2-5-15(10-14)19(21)24/h2,4-5,10,13,16-18H,3,6-9,11-12H2,1H3,(H2,21,24)/t13-,17?,18?/m1/s1. The molecule has 1 saturated heterocycles. The fourth-order valence-electron chi connectivity index (χ4n) is 4.43. The van der Waals surface area contributed by atoms with Gasteiger partial charge in [0.1, 0.15) is 0 Å². The van der Waals surface area contributed by atoms with Gasteiger partial charge in [-0.3, -0.25) is 14.5 Å². The molecule has 3 atom stereocenters. The summed E-state index contributed by atoms with van der Waals surface area (Å²) in [5.41, 5.74) is 6.96. The third-order valence-corrected chi connectivity index (χ3v) is 6.24. The molecule has 3 aliphatic rings. The second kappa shape index (κ2) is 6.45. The largest absolute Gasteiger partial charge is 0.366 e. The molecule has 0 radical (unpaired) electrons. The normalized spacial score (nSPS) is 30.0. The van der Waals surface area contributed by atoms with Crippen LogP contribution in [0.4, 0.5) is 0 Å². The molecule has 2 N–H and O–H groups in total. The molecule has 0 bridgehead atoms. The van der Waals surface area contributed by atoms with E-state index in [2.05, 4.69) is 16.7 Å². The molecule has 1 aromatic carbocycles. The molecule has 0 spiro atoms. The zero-order chi connectivity index (χ0) is 17.6. The van der Waals surface area contributed by atoms with Crippen molar-refractivity contribution in [2.24, 2.45) is 11.7 Å². The van der Waals surface area contributed by atoms with Gasteiger partial charge < -0.3 is 10.6 Å². The van der Waals surface area contributed by atoms with Crippen molar-refractivity contribution in [2.75, 3.05) is 19.6 Å². The average molecular weight is 341 g/mol. The first-order chi connectivity index (χ1) is 12.0. The molecular formula is C20H27N3O2. The maximum atomic E-state index is 12.9. The number of hydrogen-bond donors (Lipinski definition) is 1. The maximum Gasteiger partial charge on any atom is 0.248 e. The maximum absolute atomic E-state index is 12.9. The molecule has 5 nitrogen and oxygen atoms in total. The molecule has 1 aromatic rings. The molecule has 1 aliphatic heterocycles. The van der Waals surface area contributed by atoms with E-state index in [9.17, 15) is 9.59 Å². The smallest absolute Gasteiger partial charge is 0.248 e. The number of nitrogens with zero attached hydrogens (tertiary/aromatic N) is 2. The lowest BCUT2D eigenvalue weighted by Gasteiger charge is -2.47. The van der Waals surface area contributed by atoms with Gasteiger partial charge in [-0.05, 0) is 49.8 Å². The Balaban J connectivity index is 1.37. The third kappa shape index (κ3) is 3.17. The topological polar surface area (TPSA) is 66.6 Å². The molecule has 4 rings (SSSR count). The van der Waals surface area contributed by atoms with Crippen molar-refractivity contribution in [3.8, 4) is 0 Å². The van der Waals surface area contributed by atoms with Gasteiger partial charge in [0, 0.05) is 43.2 Å². The van der Waals surface area contributed by atoms with E-state index < -0.39 is 5.91 Å². The molecular weight excluding hydrogens is 314 g/mol. The second-order valence-electron chi connectivity index (χ2n) is 7.89. The van der Waals surface area contributed by atoms with E-state index in [4.69, 9.17) is 5.73 Å². The SMILES string of the molecule is C[C@@H]1CN(C(=O)C2CC2c2cccc(C(N)=O)c2)CCN1C1CCC1. The van der Waals surface area contributed by atoms with Crippen molar-refractivity contribution < 1.29 is 9.59 Å². The van der Waals surface area contributed by atoms with E-state index in [0.717, 1.165) is 37.7 Å². The molecule has 1 heterocycles. The Kier molecular flexibility index (Phi) is 4.28. The van der Waals surface area contributed by atoms with Crippen LogP contribution < -0.4 is 5.73 Å². The van der Waals surface area contributed by atoms with Crippen LogP contribution in [-0.4, -0.2) is 53.3 Å². The van der Waals surface area contributed by atoms with Gasteiger partial charge >= 0.3 is 0 Å². The second-order valence-corrected chi connectivity index (χ2v) is 7.89. The lowest BCUT2D eigenvalue weighted by molar-refractivity contribution is -0.136. The molecule has 2 amide bonds. The van der Waals surface area contributed by atoms with Gasteiger partial charge in [0.05, 0.1) is 0 Å². The summed E-state index contributed by atoms with van der Waals surface area (Å²) in [4.78, 5) is 28.9. The molecule has 3 fully saturated rings. The van der Waals surface area contributed by atoms with E-state index in [1.54, 1.807) is 6.07 Å². The number of benzene rings is 1. The Bertz CT molecular complexity index is 685. The monoisotopic (exact) mass is 341 g/mol. The predicted octanol–water partition coefficient (Wildman–Crippen LogP) is 1.97. The van der Waals surface area contributed by atoms with Crippen molar-refractivity contribution >= 4 is 11.8 Å². The summed E-state index contributed by atoms with van der Waals surface area (Å²) >= 11 is 0. The van der Waals surface area contributed by atoms with Crippen molar-refractivity contribution in [3.05, 3.63) is 35.4 Å². The third-order valence-electron chi connectivity index (χ3n) is 6.24. The molecule has 2 unspecified atom stereocenters. The highest BCUT2D eigenvalue weighted by Crippen LogP contribution is 2.48. The average Bonchev–Trinajstić information content (AvgIpc) is 3.35. The van der Waals surface area contributed by atoms with Gasteiger partial charge in [0.25, 0.3) is 0 Å². The van der Waals surface area contributed by atoms with E-state index in [-0.39, 0.29) is 17.7 Å². The molecule has 2 aliphatic carbocycles.